The molecule has 3 aromatic heterocycles. The van der Waals surface area contributed by atoms with E-state index in [1.54, 1.807) is 146 Å². The highest BCUT2D eigenvalue weighted by Crippen LogP contribution is 2.33. The van der Waals surface area contributed by atoms with E-state index in [0.29, 0.717) is 86.7 Å². The fourth-order valence-corrected chi connectivity index (χ4v) is 19.2. The van der Waals surface area contributed by atoms with Crippen molar-refractivity contribution in [1.82, 2.24) is 43.0 Å². The van der Waals surface area contributed by atoms with Gasteiger partial charge in [0.2, 0.25) is 30.1 Å². The SMILES string of the molecule is COc1cc(C)c(S(=O)(=O)N(C)CCN(CC(=O)CCC2CCN(c3ccncc3)CC2)C(=O)OC(C)(C)C)c(C)c1.COc1cc(C)c(S(=O)(=O)N(C)CCN(COC=O)C(=O)OC(C)(C)C)c(C)c1.COc1cc(C)c(S(=O)(=O)N(C)CCNCC(=O)CCC2CCN(c3ccncc3)CC2)c(C)c1.NCC1CCN(c2ccncc2)CC1. The summed E-state index contributed by atoms with van der Waals surface area (Å²) < 4.78 is 114. The number of piperidine rings is 3. The summed E-state index contributed by atoms with van der Waals surface area (Å²) in [6, 6.07) is 22.4. The van der Waals surface area contributed by atoms with Crippen LogP contribution in [0.4, 0.5) is 26.7 Å². The van der Waals surface area contributed by atoms with Crippen molar-refractivity contribution in [3.8, 4) is 17.2 Å². The topological polar surface area (TPSA) is 346 Å². The van der Waals surface area contributed by atoms with Gasteiger partial charge in [-0.2, -0.15) is 12.9 Å². The van der Waals surface area contributed by atoms with Crippen LogP contribution >= 0.6 is 0 Å². The monoisotopic (exact) mass is 1730 g/mol. The number of amides is 2. The molecule has 0 radical (unpaired) electrons. The van der Waals surface area contributed by atoms with Crippen molar-refractivity contribution in [2.45, 2.75) is 173 Å². The first-order valence-electron chi connectivity index (χ1n) is 40.9. The maximum absolute atomic E-state index is 13.5. The molecule has 3 aliphatic rings. The number of methoxy groups -OCH3 is 3. The Balaban J connectivity index is 0.000000261. The molecular formula is C87H131N13O17S3. The molecule has 2 amide bonds. The second kappa shape index (κ2) is 47.4. The first-order chi connectivity index (χ1) is 56.7. The third-order valence-corrected chi connectivity index (χ3v) is 27.7. The Hall–Kier alpha value is -9.09. The van der Waals surface area contributed by atoms with Crippen molar-refractivity contribution >= 4 is 77.4 Å². The number of hydrogen-bond acceptors (Lipinski definition) is 25. The number of likely N-dealkylation sites (N-methyl/N-ethyl adjacent to an activating group) is 3. The largest absolute Gasteiger partial charge is 0.497 e. The average molecular weight is 1730 g/mol. The van der Waals surface area contributed by atoms with Crippen LogP contribution in [0.1, 0.15) is 139 Å². The zero-order valence-electron chi connectivity index (χ0n) is 73.7. The number of anilines is 3. The van der Waals surface area contributed by atoms with E-state index in [1.165, 1.54) is 66.0 Å². The summed E-state index contributed by atoms with van der Waals surface area (Å²) in [6.45, 7) is 28.5. The highest BCUT2D eigenvalue weighted by molar-refractivity contribution is 7.89. The number of carbonyl (C=O) groups excluding carboxylic acids is 5. The molecule has 6 heterocycles. The minimum Gasteiger partial charge on any atom is -0.497 e. The van der Waals surface area contributed by atoms with Crippen LogP contribution in [0.5, 0.6) is 17.2 Å². The van der Waals surface area contributed by atoms with E-state index in [9.17, 15) is 49.2 Å². The quantitative estimate of drug-likeness (QED) is 0.0161. The molecule has 6 aromatic rings. The number of benzene rings is 3. The molecule has 9 rings (SSSR count). The Morgan fingerprint density at radius 1 is 0.467 bits per heavy atom. The summed E-state index contributed by atoms with van der Waals surface area (Å²) in [5.74, 6) is 3.65. The molecule has 0 bridgehead atoms. The van der Waals surface area contributed by atoms with E-state index in [4.69, 9.17) is 29.4 Å². The van der Waals surface area contributed by atoms with Crippen molar-refractivity contribution in [2.24, 2.45) is 23.5 Å². The molecule has 3 aromatic carbocycles. The minimum absolute atomic E-state index is 0.00717. The number of carbonyl (C=O) groups is 5. The summed E-state index contributed by atoms with van der Waals surface area (Å²) in [6.07, 6.45) is 18.8. The molecule has 0 atom stereocenters. The molecule has 3 aliphatic heterocycles. The molecule has 0 aliphatic carbocycles. The highest BCUT2D eigenvalue weighted by atomic mass is 32.2. The minimum atomic E-state index is -3.85. The lowest BCUT2D eigenvalue weighted by Gasteiger charge is -2.33. The number of sulfonamides is 3. The Morgan fingerprint density at radius 3 is 1.07 bits per heavy atom. The zero-order valence-corrected chi connectivity index (χ0v) is 76.2. The molecule has 30 nitrogen and oxygen atoms in total. The number of nitrogens with one attached hydrogen (secondary N) is 1. The number of nitrogens with two attached hydrogens (primary N) is 1. The number of Topliss-reactive ketones (excluding diaryl/α,β-unsaturated/α-hetero) is 2. The van der Waals surface area contributed by atoms with Crippen LogP contribution in [-0.2, 0) is 58.7 Å². The zero-order chi connectivity index (χ0) is 88.7. The van der Waals surface area contributed by atoms with E-state index >= 15 is 0 Å². The molecule has 3 saturated heterocycles. The number of pyridine rings is 3. The van der Waals surface area contributed by atoms with Crippen molar-refractivity contribution < 1.29 is 77.6 Å². The van der Waals surface area contributed by atoms with Gasteiger partial charge in [-0.3, -0.25) is 39.1 Å². The molecule has 0 unspecified atom stereocenters. The van der Waals surface area contributed by atoms with Crippen LogP contribution in [0.15, 0.2) is 125 Å². The van der Waals surface area contributed by atoms with Crippen LogP contribution in [0.3, 0.4) is 0 Å². The van der Waals surface area contributed by atoms with Gasteiger partial charge in [-0.05, 0) is 265 Å². The van der Waals surface area contributed by atoms with E-state index < -0.39 is 53.5 Å². The number of nitrogens with zero attached hydrogens (tertiary/aromatic N) is 11. The fourth-order valence-electron chi connectivity index (χ4n) is 14.5. The lowest BCUT2D eigenvalue weighted by atomic mass is 9.91. The molecule has 3 N–H and O–H groups in total. The Kier molecular flexibility index (Phi) is 39.4. The summed E-state index contributed by atoms with van der Waals surface area (Å²) in [5.41, 5.74) is 11.4. The Morgan fingerprint density at radius 2 is 0.767 bits per heavy atom. The van der Waals surface area contributed by atoms with E-state index in [0.717, 1.165) is 105 Å². The summed E-state index contributed by atoms with van der Waals surface area (Å²) in [7, 11) is -2.21. The Bertz CT molecular complexity index is 4530. The van der Waals surface area contributed by atoms with Gasteiger partial charge in [-0.1, -0.05) is 0 Å². The van der Waals surface area contributed by atoms with Gasteiger partial charge in [0.15, 0.2) is 12.5 Å². The lowest BCUT2D eigenvalue weighted by Crippen LogP contribution is -2.44. The lowest BCUT2D eigenvalue weighted by molar-refractivity contribution is -0.132. The van der Waals surface area contributed by atoms with E-state index in [-0.39, 0.29) is 80.4 Å². The fraction of sp³-hybridized carbons (Fsp3) is 0.563. The number of rotatable bonds is 35. The standard InChI is InChI=1S/C31H46N4O6S.C26H38N4O4S.C19H30N2O7S.C11H17N3/c1-23-20-28(40-7)21-24(2)29(23)42(38,39)33(6)18-19-35(30(37)41-31(3,4)5)22-27(36)9-8-25-12-16-34(17-13-25)26-10-14-32-15-11-26;1-20-17-25(34-4)18-21(2)26(20)35(32,33)29(3)16-13-28-19-24(31)6-5-22-9-14-30(15-10-22)23-7-11-27-12-8-23;1-14-10-16(26-7)11-15(2)17(14)29(24,25)20(6)8-9-21(12-27-13-22)18(23)28-19(3,4)5;12-9-10-3-7-14(8-4-10)11-1-5-13-6-2-11/h10-11,14-15,20-21,25H,8-9,12-13,16-19,22H2,1-7H3;7-8,11-12,17-18,22,28H,5-6,9-10,13-16,19H2,1-4H3;10-11,13H,8-9,12H2,1-7H3;1-2,5-6,10H,3-4,7-9,12H2. The van der Waals surface area contributed by atoms with Gasteiger partial charge in [-0.25, -0.2) is 34.8 Å². The maximum Gasteiger partial charge on any atom is 0.413 e. The van der Waals surface area contributed by atoms with E-state index in [2.05, 4.69) is 51.8 Å². The number of aromatic nitrogens is 3. The molecule has 664 valence electrons. The summed E-state index contributed by atoms with van der Waals surface area (Å²) in [5, 5.41) is 3.11. The molecule has 0 saturated carbocycles. The van der Waals surface area contributed by atoms with Crippen LogP contribution in [0, 0.1) is 59.3 Å². The van der Waals surface area contributed by atoms with Gasteiger partial charge in [0.25, 0.3) is 6.47 Å². The maximum atomic E-state index is 13.5. The first-order valence-corrected chi connectivity index (χ1v) is 45.2. The van der Waals surface area contributed by atoms with E-state index in [1.807, 2.05) is 49.1 Å². The number of ether oxygens (including phenoxy) is 6. The van der Waals surface area contributed by atoms with Gasteiger partial charge in [0.1, 0.15) is 34.2 Å². The van der Waals surface area contributed by atoms with Crippen LogP contribution < -0.4 is 40.0 Å². The third-order valence-electron chi connectivity index (χ3n) is 21.2. The summed E-state index contributed by atoms with van der Waals surface area (Å²) >= 11 is 0. The van der Waals surface area contributed by atoms with Crippen molar-refractivity contribution in [1.29, 1.82) is 0 Å². The highest BCUT2D eigenvalue weighted by Gasteiger charge is 2.33. The van der Waals surface area contributed by atoms with Crippen LogP contribution in [-0.4, -0.2) is 252 Å². The number of aryl methyl sites for hydroxylation is 6. The van der Waals surface area contributed by atoms with Crippen molar-refractivity contribution in [3.63, 3.8) is 0 Å². The average Bonchev–Trinajstić information content (AvgIpc) is 0.791. The predicted molar refractivity (Wildman–Crippen MR) is 468 cm³/mol. The number of hydrogen-bond donors (Lipinski definition) is 2. The predicted octanol–water partition coefficient (Wildman–Crippen LogP) is 11.6. The smallest absolute Gasteiger partial charge is 0.413 e. The molecular weight excluding hydrogens is 1600 g/mol. The molecule has 120 heavy (non-hydrogen) atoms. The van der Waals surface area contributed by atoms with Gasteiger partial charge in [0.05, 0.1) is 49.1 Å². The molecule has 3 fully saturated rings. The molecule has 33 heteroatoms. The third kappa shape index (κ3) is 31.1. The summed E-state index contributed by atoms with van der Waals surface area (Å²) in [4.78, 5) is 83.7. The van der Waals surface area contributed by atoms with Gasteiger partial charge in [-0.15, -0.1) is 0 Å². The van der Waals surface area contributed by atoms with Gasteiger partial charge >= 0.3 is 12.2 Å². The Labute approximate surface area is 713 Å². The second-order valence-corrected chi connectivity index (χ2v) is 38.7. The van der Waals surface area contributed by atoms with Crippen LogP contribution in [0.25, 0.3) is 0 Å². The number of ketones is 2. The van der Waals surface area contributed by atoms with Crippen LogP contribution in [0.2, 0.25) is 0 Å². The van der Waals surface area contributed by atoms with Crippen molar-refractivity contribution in [3.05, 3.63) is 143 Å². The normalized spacial score (nSPS) is 14.5. The molecule has 0 spiro atoms. The van der Waals surface area contributed by atoms with Crippen molar-refractivity contribution in [2.75, 3.05) is 162 Å². The van der Waals surface area contributed by atoms with Gasteiger partial charge < -0.3 is 54.2 Å². The second-order valence-electron chi connectivity index (χ2n) is 32.8. The van der Waals surface area contributed by atoms with Gasteiger partial charge in [0, 0.05) is 167 Å². The first kappa shape index (κ1) is 99.7.